The molecule has 0 saturated carbocycles. The third kappa shape index (κ3) is 4.88. The van der Waals surface area contributed by atoms with Gasteiger partial charge in [-0.3, -0.25) is 9.69 Å². The third-order valence-electron chi connectivity index (χ3n) is 5.77. The summed E-state index contributed by atoms with van der Waals surface area (Å²) in [5.74, 6) is 0.421. The van der Waals surface area contributed by atoms with E-state index in [1.807, 2.05) is 18.3 Å². The molecule has 1 saturated heterocycles. The lowest BCUT2D eigenvalue weighted by Gasteiger charge is -2.36. The Labute approximate surface area is 183 Å². The lowest BCUT2D eigenvalue weighted by atomic mass is 9.97. The Bertz CT molecular complexity index is 1070. The molecule has 0 aliphatic carbocycles. The van der Waals surface area contributed by atoms with Gasteiger partial charge < -0.3 is 15.2 Å². The first-order valence-corrected chi connectivity index (χ1v) is 10.9. The van der Waals surface area contributed by atoms with E-state index < -0.39 is 0 Å². The van der Waals surface area contributed by atoms with Crippen LogP contribution >= 0.6 is 0 Å². The molecule has 0 amide bonds. The fourth-order valence-corrected chi connectivity index (χ4v) is 4.19. The Hall–Kier alpha value is -2.93. The minimum absolute atomic E-state index is 0.105. The van der Waals surface area contributed by atoms with Crippen LogP contribution in [-0.2, 0) is 13.1 Å². The standard InChI is InChI=1S/C24H32N6O/c1-17(31)18-5-7-20(8-6-18)29-11-9-28(10-12-29)15-21-13-19-14-26-23(25)27-22(19)30(21)16-24(2,3)4/h5-8,13-14H,9-12,15-16H2,1-4H3,(H2,25,26,27). The number of nitrogens with two attached hydrogens (primary N) is 1. The normalized spacial score (nSPS) is 15.5. The second-order valence-corrected chi connectivity index (χ2v) is 9.66. The molecule has 0 spiro atoms. The number of carbonyl (C=O) groups excluding carboxylic acids is 1. The van der Waals surface area contributed by atoms with Crippen molar-refractivity contribution in [1.29, 1.82) is 0 Å². The number of fused-ring (bicyclic) bond motifs is 1. The van der Waals surface area contributed by atoms with Gasteiger partial charge in [0.1, 0.15) is 5.65 Å². The zero-order valence-electron chi connectivity index (χ0n) is 18.9. The van der Waals surface area contributed by atoms with Gasteiger partial charge in [-0.25, -0.2) is 4.98 Å². The van der Waals surface area contributed by atoms with Crippen molar-refractivity contribution in [2.75, 3.05) is 36.8 Å². The Morgan fingerprint density at radius 3 is 2.39 bits per heavy atom. The Morgan fingerprint density at radius 2 is 1.77 bits per heavy atom. The van der Waals surface area contributed by atoms with E-state index in [9.17, 15) is 4.79 Å². The van der Waals surface area contributed by atoms with Crippen LogP contribution in [0.15, 0.2) is 36.5 Å². The Kier molecular flexibility index (Phi) is 5.71. The highest BCUT2D eigenvalue weighted by atomic mass is 16.1. The quantitative estimate of drug-likeness (QED) is 0.636. The second kappa shape index (κ2) is 8.30. The largest absolute Gasteiger partial charge is 0.369 e. The highest BCUT2D eigenvalue weighted by Crippen LogP contribution is 2.26. The lowest BCUT2D eigenvalue weighted by Crippen LogP contribution is -2.46. The smallest absolute Gasteiger partial charge is 0.221 e. The molecule has 1 aliphatic rings. The van der Waals surface area contributed by atoms with Crippen LogP contribution in [0.25, 0.3) is 11.0 Å². The molecule has 164 valence electrons. The topological polar surface area (TPSA) is 80.3 Å². The fraction of sp³-hybridized carbons (Fsp3) is 0.458. The van der Waals surface area contributed by atoms with E-state index in [2.05, 4.69) is 63.3 Å². The van der Waals surface area contributed by atoms with Gasteiger partial charge in [-0.05, 0) is 42.7 Å². The number of aromatic nitrogens is 3. The van der Waals surface area contributed by atoms with Gasteiger partial charge >= 0.3 is 0 Å². The zero-order valence-corrected chi connectivity index (χ0v) is 18.9. The summed E-state index contributed by atoms with van der Waals surface area (Å²) in [7, 11) is 0. The number of hydrogen-bond donors (Lipinski definition) is 1. The van der Waals surface area contributed by atoms with E-state index in [1.165, 1.54) is 11.4 Å². The summed E-state index contributed by atoms with van der Waals surface area (Å²) in [6.45, 7) is 14.0. The number of nitrogens with zero attached hydrogens (tertiary/aromatic N) is 5. The van der Waals surface area contributed by atoms with Gasteiger partial charge in [0.2, 0.25) is 5.95 Å². The van der Waals surface area contributed by atoms with Crippen LogP contribution in [-0.4, -0.2) is 51.4 Å². The number of ketones is 1. The molecule has 2 N–H and O–H groups in total. The van der Waals surface area contributed by atoms with Crippen molar-refractivity contribution >= 4 is 28.5 Å². The minimum atomic E-state index is 0.105. The molecule has 1 aliphatic heterocycles. The molecule has 3 heterocycles. The maximum atomic E-state index is 11.5. The zero-order chi connectivity index (χ0) is 22.2. The van der Waals surface area contributed by atoms with Gasteiger partial charge in [-0.2, -0.15) is 4.98 Å². The molecule has 0 unspecified atom stereocenters. The van der Waals surface area contributed by atoms with Crippen molar-refractivity contribution in [3.8, 4) is 0 Å². The van der Waals surface area contributed by atoms with Crippen LogP contribution in [0.5, 0.6) is 0 Å². The first-order valence-electron chi connectivity index (χ1n) is 10.9. The minimum Gasteiger partial charge on any atom is -0.369 e. The fourth-order valence-electron chi connectivity index (χ4n) is 4.19. The van der Waals surface area contributed by atoms with E-state index in [4.69, 9.17) is 5.73 Å². The van der Waals surface area contributed by atoms with Gasteiger partial charge in [-0.15, -0.1) is 0 Å². The van der Waals surface area contributed by atoms with Crippen molar-refractivity contribution in [3.05, 3.63) is 47.8 Å². The molecule has 31 heavy (non-hydrogen) atoms. The molecule has 7 heteroatoms. The second-order valence-electron chi connectivity index (χ2n) is 9.66. The summed E-state index contributed by atoms with van der Waals surface area (Å²) < 4.78 is 2.31. The number of nitrogen functional groups attached to an aromatic ring is 1. The van der Waals surface area contributed by atoms with E-state index in [-0.39, 0.29) is 11.2 Å². The predicted octanol–water partition coefficient (Wildman–Crippen LogP) is 3.58. The predicted molar refractivity (Wildman–Crippen MR) is 125 cm³/mol. The molecular weight excluding hydrogens is 388 g/mol. The van der Waals surface area contributed by atoms with Crippen molar-refractivity contribution in [2.45, 2.75) is 40.8 Å². The van der Waals surface area contributed by atoms with Crippen LogP contribution in [0.2, 0.25) is 0 Å². The molecule has 3 aromatic rings. The molecule has 7 nitrogen and oxygen atoms in total. The SMILES string of the molecule is CC(=O)c1ccc(N2CCN(Cc3cc4cnc(N)nc4n3CC(C)(C)C)CC2)cc1. The third-order valence-corrected chi connectivity index (χ3v) is 5.77. The average Bonchev–Trinajstić information content (AvgIpc) is 3.03. The maximum Gasteiger partial charge on any atom is 0.221 e. The summed E-state index contributed by atoms with van der Waals surface area (Å²) in [6.07, 6.45) is 1.82. The number of Topliss-reactive ketones (excluding diaryl/α,β-unsaturated/α-hetero) is 1. The van der Waals surface area contributed by atoms with E-state index in [0.717, 1.165) is 55.9 Å². The van der Waals surface area contributed by atoms with Gasteiger partial charge in [-0.1, -0.05) is 20.8 Å². The Morgan fingerprint density at radius 1 is 1.10 bits per heavy atom. The van der Waals surface area contributed by atoms with Gasteiger partial charge in [0, 0.05) is 67.8 Å². The molecule has 0 radical (unpaired) electrons. The first-order chi connectivity index (χ1) is 14.7. The number of piperazine rings is 1. The van der Waals surface area contributed by atoms with E-state index in [1.54, 1.807) is 6.92 Å². The van der Waals surface area contributed by atoms with E-state index in [0.29, 0.717) is 5.95 Å². The first kappa shape index (κ1) is 21.3. The van der Waals surface area contributed by atoms with Crippen molar-refractivity contribution < 1.29 is 4.79 Å². The van der Waals surface area contributed by atoms with Crippen LogP contribution in [0.1, 0.15) is 43.7 Å². The number of carbonyl (C=O) groups is 1. The highest BCUT2D eigenvalue weighted by molar-refractivity contribution is 5.94. The summed E-state index contributed by atoms with van der Waals surface area (Å²) in [6, 6.07) is 10.1. The van der Waals surface area contributed by atoms with Crippen LogP contribution in [0, 0.1) is 5.41 Å². The number of hydrogen-bond acceptors (Lipinski definition) is 6. The van der Waals surface area contributed by atoms with Gasteiger partial charge in [0.15, 0.2) is 5.78 Å². The summed E-state index contributed by atoms with van der Waals surface area (Å²) in [4.78, 5) is 25.1. The maximum absolute atomic E-state index is 11.5. The molecule has 1 aromatic carbocycles. The molecule has 1 fully saturated rings. The van der Waals surface area contributed by atoms with Crippen molar-refractivity contribution in [2.24, 2.45) is 5.41 Å². The summed E-state index contributed by atoms with van der Waals surface area (Å²) in [5.41, 5.74) is 10.1. The van der Waals surface area contributed by atoms with Crippen LogP contribution in [0.4, 0.5) is 11.6 Å². The monoisotopic (exact) mass is 420 g/mol. The van der Waals surface area contributed by atoms with Crippen LogP contribution in [0.3, 0.4) is 0 Å². The van der Waals surface area contributed by atoms with Gasteiger partial charge in [0.05, 0.1) is 0 Å². The molecule has 0 bridgehead atoms. The number of anilines is 2. The van der Waals surface area contributed by atoms with Crippen molar-refractivity contribution in [1.82, 2.24) is 19.4 Å². The van der Waals surface area contributed by atoms with E-state index >= 15 is 0 Å². The Balaban J connectivity index is 1.48. The van der Waals surface area contributed by atoms with Crippen LogP contribution < -0.4 is 10.6 Å². The van der Waals surface area contributed by atoms with Gasteiger partial charge in [0.25, 0.3) is 0 Å². The summed E-state index contributed by atoms with van der Waals surface area (Å²) >= 11 is 0. The lowest BCUT2D eigenvalue weighted by molar-refractivity contribution is 0.101. The summed E-state index contributed by atoms with van der Waals surface area (Å²) in [5, 5.41) is 1.04. The molecule has 2 aromatic heterocycles. The van der Waals surface area contributed by atoms with Crippen molar-refractivity contribution in [3.63, 3.8) is 0 Å². The molecule has 0 atom stereocenters. The highest BCUT2D eigenvalue weighted by Gasteiger charge is 2.22. The molecule has 4 rings (SSSR count). The molecular formula is C24H32N6O. The number of benzene rings is 1. The number of rotatable bonds is 5. The average molecular weight is 421 g/mol.